The largest absolute Gasteiger partial charge is 0.507 e. The molecule has 3 aromatic rings. The van der Waals surface area contributed by atoms with E-state index in [1.807, 2.05) is 65.1 Å². The van der Waals surface area contributed by atoms with Crippen LogP contribution >= 0.6 is 34.4 Å². The number of hydrogen-bond acceptors (Lipinski definition) is 4. The van der Waals surface area contributed by atoms with Gasteiger partial charge in [0.2, 0.25) is 0 Å². The number of nitrogens with zero attached hydrogens (tertiary/aromatic N) is 1. The van der Waals surface area contributed by atoms with Crippen LogP contribution in [0, 0.1) is 3.57 Å². The van der Waals surface area contributed by atoms with Crippen LogP contribution in [0.1, 0.15) is 11.1 Å². The molecule has 1 heterocycles. The zero-order chi connectivity index (χ0) is 19.0. The minimum Gasteiger partial charge on any atom is -0.507 e. The lowest BCUT2D eigenvalue weighted by Crippen LogP contribution is -2.27. The lowest BCUT2D eigenvalue weighted by molar-refractivity contribution is -0.123. The fourth-order valence-electron chi connectivity index (χ4n) is 3.00. The number of aromatic hydroxyl groups is 1. The van der Waals surface area contributed by atoms with E-state index in [2.05, 4.69) is 0 Å². The number of fused-ring (bicyclic) bond motifs is 1. The summed E-state index contributed by atoms with van der Waals surface area (Å²) in [4.78, 5) is 26.9. The Morgan fingerprint density at radius 3 is 2.63 bits per heavy atom. The first-order chi connectivity index (χ1) is 13.0. The molecule has 4 nitrogen and oxygen atoms in total. The maximum Gasteiger partial charge on any atom is 0.293 e. The predicted octanol–water partition coefficient (Wildman–Crippen LogP) is 5.39. The van der Waals surface area contributed by atoms with E-state index >= 15 is 0 Å². The van der Waals surface area contributed by atoms with Crippen molar-refractivity contribution in [2.24, 2.45) is 0 Å². The van der Waals surface area contributed by atoms with Crippen molar-refractivity contribution in [3.05, 3.63) is 80.3 Å². The van der Waals surface area contributed by atoms with Gasteiger partial charge in [-0.15, -0.1) is 0 Å². The number of carbonyl (C=O) groups is 2. The van der Waals surface area contributed by atoms with E-state index in [4.69, 9.17) is 0 Å². The topological polar surface area (TPSA) is 57.6 Å². The molecule has 0 radical (unpaired) electrons. The van der Waals surface area contributed by atoms with E-state index in [1.165, 1.54) is 4.90 Å². The van der Waals surface area contributed by atoms with E-state index in [0.29, 0.717) is 8.48 Å². The van der Waals surface area contributed by atoms with Crippen LogP contribution in [0.3, 0.4) is 0 Å². The average molecular weight is 487 g/mol. The van der Waals surface area contributed by atoms with E-state index in [-0.39, 0.29) is 23.4 Å². The number of imide groups is 1. The third kappa shape index (κ3) is 3.59. The highest BCUT2D eigenvalue weighted by Gasteiger charge is 2.35. The van der Waals surface area contributed by atoms with Gasteiger partial charge in [-0.25, -0.2) is 0 Å². The van der Waals surface area contributed by atoms with Crippen LogP contribution in [0.15, 0.2) is 65.6 Å². The van der Waals surface area contributed by atoms with Crippen molar-refractivity contribution in [3.8, 4) is 5.75 Å². The third-order valence-electron chi connectivity index (χ3n) is 4.35. The lowest BCUT2D eigenvalue weighted by atomic mass is 10.0. The summed E-state index contributed by atoms with van der Waals surface area (Å²) in [6.07, 6.45) is 1.69. The smallest absolute Gasteiger partial charge is 0.293 e. The van der Waals surface area contributed by atoms with E-state index in [0.717, 1.165) is 33.7 Å². The molecule has 0 aliphatic carbocycles. The highest BCUT2D eigenvalue weighted by Crippen LogP contribution is 2.34. The summed E-state index contributed by atoms with van der Waals surface area (Å²) in [6, 6.07) is 18.9. The Morgan fingerprint density at radius 1 is 1.04 bits per heavy atom. The molecule has 3 aromatic carbocycles. The molecule has 1 fully saturated rings. The molecule has 1 aliphatic heterocycles. The molecule has 134 valence electrons. The first-order valence-electron chi connectivity index (χ1n) is 8.23. The Hall–Kier alpha value is -2.32. The summed E-state index contributed by atoms with van der Waals surface area (Å²) < 4.78 is 0.691. The molecule has 2 amide bonds. The van der Waals surface area contributed by atoms with Crippen LogP contribution in [0.4, 0.5) is 4.79 Å². The van der Waals surface area contributed by atoms with Crippen molar-refractivity contribution in [2.45, 2.75) is 6.54 Å². The molecule has 0 spiro atoms. The number of halogens is 1. The second-order valence-electron chi connectivity index (χ2n) is 6.12. The third-order valence-corrected chi connectivity index (χ3v) is 6.12. The number of carbonyl (C=O) groups excluding carboxylic acids is 2. The zero-order valence-corrected chi connectivity index (χ0v) is 17.0. The molecule has 0 atom stereocenters. The monoisotopic (exact) mass is 487 g/mol. The van der Waals surface area contributed by atoms with Crippen molar-refractivity contribution in [1.29, 1.82) is 0 Å². The molecule has 4 rings (SSSR count). The van der Waals surface area contributed by atoms with Crippen molar-refractivity contribution < 1.29 is 14.7 Å². The molecule has 1 aliphatic rings. The summed E-state index contributed by atoms with van der Waals surface area (Å²) >= 11 is 2.97. The SMILES string of the molecule is O=C1S/C(=C/c2ccc(O)c(I)c2)C(=O)N1Cc1cccc2ccccc12. The Labute approximate surface area is 174 Å². The molecule has 6 heteroatoms. The van der Waals surface area contributed by atoms with Gasteiger partial charge in [-0.2, -0.15) is 0 Å². The molecule has 27 heavy (non-hydrogen) atoms. The van der Waals surface area contributed by atoms with Crippen molar-refractivity contribution in [3.63, 3.8) is 0 Å². The molecule has 0 aromatic heterocycles. The van der Waals surface area contributed by atoms with Crippen LogP contribution in [0.25, 0.3) is 16.8 Å². The number of phenolic OH excluding ortho intramolecular Hbond substituents is 1. The van der Waals surface area contributed by atoms with E-state index in [9.17, 15) is 14.7 Å². The van der Waals surface area contributed by atoms with Crippen LogP contribution in [0.2, 0.25) is 0 Å². The Kier molecular flexibility index (Phi) is 4.92. The summed E-state index contributed by atoms with van der Waals surface area (Å²) in [6.45, 7) is 0.247. The highest BCUT2D eigenvalue weighted by molar-refractivity contribution is 14.1. The van der Waals surface area contributed by atoms with Gasteiger partial charge in [-0.1, -0.05) is 48.5 Å². The van der Waals surface area contributed by atoms with Gasteiger partial charge in [0.15, 0.2) is 0 Å². The van der Waals surface area contributed by atoms with Crippen LogP contribution in [0.5, 0.6) is 5.75 Å². The lowest BCUT2D eigenvalue weighted by Gasteiger charge is -2.14. The van der Waals surface area contributed by atoms with Gasteiger partial charge in [0.05, 0.1) is 15.0 Å². The Bertz CT molecular complexity index is 1100. The van der Waals surface area contributed by atoms with Gasteiger partial charge >= 0.3 is 0 Å². The highest BCUT2D eigenvalue weighted by atomic mass is 127. The summed E-state index contributed by atoms with van der Waals surface area (Å²) in [5.74, 6) is -0.0992. The summed E-state index contributed by atoms with van der Waals surface area (Å²) in [5.41, 5.74) is 1.71. The number of amides is 2. The van der Waals surface area contributed by atoms with Crippen molar-refractivity contribution in [1.82, 2.24) is 4.90 Å². The van der Waals surface area contributed by atoms with Crippen LogP contribution < -0.4 is 0 Å². The molecular weight excluding hydrogens is 473 g/mol. The van der Waals surface area contributed by atoms with Gasteiger partial charge in [0.1, 0.15) is 5.75 Å². The van der Waals surface area contributed by atoms with E-state index in [1.54, 1.807) is 24.3 Å². The fourth-order valence-corrected chi connectivity index (χ4v) is 4.38. The molecule has 1 saturated heterocycles. The van der Waals surface area contributed by atoms with Gasteiger partial charge < -0.3 is 5.11 Å². The van der Waals surface area contributed by atoms with Crippen molar-refractivity contribution in [2.75, 3.05) is 0 Å². The zero-order valence-electron chi connectivity index (χ0n) is 14.1. The predicted molar refractivity (Wildman–Crippen MR) is 116 cm³/mol. The summed E-state index contributed by atoms with van der Waals surface area (Å²) in [5, 5.41) is 11.5. The minimum atomic E-state index is -0.291. The van der Waals surface area contributed by atoms with Gasteiger partial charge in [-0.05, 0) is 74.5 Å². The number of phenols is 1. The normalized spacial score (nSPS) is 15.9. The number of hydrogen-bond donors (Lipinski definition) is 1. The van der Waals surface area contributed by atoms with Gasteiger partial charge in [0.25, 0.3) is 11.1 Å². The molecular formula is C21H14INO3S. The van der Waals surface area contributed by atoms with Crippen molar-refractivity contribution >= 4 is 62.3 Å². The average Bonchev–Trinajstić information content (AvgIpc) is 2.92. The Balaban J connectivity index is 1.63. The first kappa shape index (κ1) is 18.1. The van der Waals surface area contributed by atoms with Gasteiger partial charge in [0, 0.05) is 0 Å². The quantitative estimate of drug-likeness (QED) is 0.398. The van der Waals surface area contributed by atoms with Gasteiger partial charge in [-0.3, -0.25) is 14.5 Å². The maximum atomic E-state index is 12.8. The molecule has 0 unspecified atom stereocenters. The number of benzene rings is 3. The second-order valence-corrected chi connectivity index (χ2v) is 8.27. The molecule has 0 saturated carbocycles. The first-order valence-corrected chi connectivity index (χ1v) is 10.1. The standard InChI is InChI=1S/C21H14INO3S/c22-17-10-13(8-9-18(17)24)11-19-20(25)23(21(26)27-19)12-15-6-3-5-14-4-1-2-7-16(14)15/h1-11,24H,12H2/b19-11+. The minimum absolute atomic E-state index is 0.191. The second kappa shape index (κ2) is 7.36. The number of thioether (sulfide) groups is 1. The number of rotatable bonds is 3. The Morgan fingerprint density at radius 2 is 1.81 bits per heavy atom. The van der Waals surface area contributed by atoms with E-state index < -0.39 is 0 Å². The van der Waals surface area contributed by atoms with Crippen LogP contribution in [-0.4, -0.2) is 21.2 Å². The fraction of sp³-hybridized carbons (Fsp3) is 0.0476. The molecule has 1 N–H and O–H groups in total. The summed E-state index contributed by atoms with van der Waals surface area (Å²) in [7, 11) is 0. The van der Waals surface area contributed by atoms with Crippen LogP contribution in [-0.2, 0) is 11.3 Å². The maximum absolute atomic E-state index is 12.8. The molecule has 0 bridgehead atoms.